The molecule has 3 amide bonds. The number of nitrogens with one attached hydrogen (secondary N) is 2. The molecule has 1 heterocycles. The van der Waals surface area contributed by atoms with Crippen LogP contribution in [0.3, 0.4) is 0 Å². The molecule has 33 heavy (non-hydrogen) atoms. The molecule has 2 atom stereocenters. The Morgan fingerprint density at radius 3 is 2.48 bits per heavy atom. The molecule has 0 aliphatic heterocycles. The molecule has 1 aromatic heterocycles. The van der Waals surface area contributed by atoms with Crippen molar-refractivity contribution < 1.29 is 14.4 Å². The average Bonchev–Trinajstić information content (AvgIpc) is 2.78. The molecule has 1 aromatic rings. The number of aromatic nitrogens is 1. The molecule has 0 saturated carbocycles. The van der Waals surface area contributed by atoms with Gasteiger partial charge in [0.05, 0.1) is 0 Å². The summed E-state index contributed by atoms with van der Waals surface area (Å²) >= 11 is 0. The third-order valence-electron chi connectivity index (χ3n) is 5.02. The van der Waals surface area contributed by atoms with Gasteiger partial charge in [-0.15, -0.1) is 0 Å². The average molecular weight is 463 g/mol. The van der Waals surface area contributed by atoms with Crippen LogP contribution in [0.1, 0.15) is 51.5 Å². The summed E-state index contributed by atoms with van der Waals surface area (Å²) in [5.41, 5.74) is 17.1. The van der Waals surface area contributed by atoms with E-state index in [1.807, 2.05) is 6.07 Å². The zero-order chi connectivity index (χ0) is 24.6. The van der Waals surface area contributed by atoms with Crippen molar-refractivity contribution in [2.24, 2.45) is 22.2 Å². The number of aliphatic imine (C=N–C) groups is 1. The van der Waals surface area contributed by atoms with Gasteiger partial charge >= 0.3 is 0 Å². The Labute approximate surface area is 195 Å². The maximum absolute atomic E-state index is 13.3. The molecule has 0 saturated heterocycles. The first kappa shape index (κ1) is 27.8. The minimum absolute atomic E-state index is 0.0268. The lowest BCUT2D eigenvalue weighted by atomic mass is 10.0. The number of unbranched alkanes of at least 4 members (excludes halogenated alkanes) is 1. The normalized spacial score (nSPS) is 12.3. The van der Waals surface area contributed by atoms with E-state index in [2.05, 4.69) is 20.6 Å². The lowest BCUT2D eigenvalue weighted by Crippen LogP contribution is -2.54. The number of carbonyl (C=O) groups is 3. The molecule has 0 bridgehead atoms. The van der Waals surface area contributed by atoms with Crippen molar-refractivity contribution in [2.45, 2.75) is 64.6 Å². The Kier molecular flexibility index (Phi) is 13.1. The Hall–Kier alpha value is -3.21. The van der Waals surface area contributed by atoms with Crippen LogP contribution in [0.2, 0.25) is 0 Å². The van der Waals surface area contributed by atoms with E-state index < -0.39 is 12.1 Å². The molecule has 11 nitrogen and oxygen atoms in total. The fourth-order valence-corrected chi connectivity index (χ4v) is 3.38. The summed E-state index contributed by atoms with van der Waals surface area (Å²) < 4.78 is 0. The second kappa shape index (κ2) is 15.6. The van der Waals surface area contributed by atoms with Crippen molar-refractivity contribution in [1.29, 1.82) is 0 Å². The van der Waals surface area contributed by atoms with Gasteiger partial charge in [-0.2, -0.15) is 0 Å². The van der Waals surface area contributed by atoms with E-state index in [1.54, 1.807) is 25.4 Å². The van der Waals surface area contributed by atoms with Crippen molar-refractivity contribution in [3.63, 3.8) is 0 Å². The number of hydrogen-bond donors (Lipinski definition) is 5. The maximum Gasteiger partial charge on any atom is 0.243 e. The van der Waals surface area contributed by atoms with Crippen LogP contribution in [0.5, 0.6) is 0 Å². The summed E-state index contributed by atoms with van der Waals surface area (Å²) in [5.74, 6) is -0.947. The molecule has 8 N–H and O–H groups in total. The van der Waals surface area contributed by atoms with Crippen LogP contribution >= 0.6 is 0 Å². The molecule has 0 aliphatic rings. The first-order valence-electron chi connectivity index (χ1n) is 11.3. The van der Waals surface area contributed by atoms with Crippen LogP contribution in [-0.4, -0.2) is 65.3 Å². The van der Waals surface area contributed by atoms with E-state index in [4.69, 9.17) is 17.2 Å². The number of nitrogens with two attached hydrogens (primary N) is 3. The number of nitrogens with zero attached hydrogens (tertiary/aromatic N) is 3. The van der Waals surface area contributed by atoms with E-state index in [0.717, 1.165) is 12.0 Å². The highest BCUT2D eigenvalue weighted by Gasteiger charge is 2.30. The molecule has 0 unspecified atom stereocenters. The lowest BCUT2D eigenvalue weighted by molar-refractivity contribution is -0.141. The summed E-state index contributed by atoms with van der Waals surface area (Å²) in [6.45, 7) is 4.73. The van der Waals surface area contributed by atoms with Gasteiger partial charge in [0, 0.05) is 39.0 Å². The topological polar surface area (TPSA) is 182 Å². The van der Waals surface area contributed by atoms with Crippen molar-refractivity contribution in [2.75, 3.05) is 19.6 Å². The molecular formula is C22H38N8O3. The highest BCUT2D eigenvalue weighted by molar-refractivity contribution is 5.91. The highest BCUT2D eigenvalue weighted by atomic mass is 16.2. The molecule has 11 heteroatoms. The second-order valence-electron chi connectivity index (χ2n) is 7.71. The molecule has 0 spiro atoms. The molecule has 0 aromatic carbocycles. The Balaban J connectivity index is 3.04. The third-order valence-corrected chi connectivity index (χ3v) is 5.02. The summed E-state index contributed by atoms with van der Waals surface area (Å²) in [6.07, 6.45) is 5.98. The van der Waals surface area contributed by atoms with Crippen LogP contribution in [-0.2, 0) is 20.9 Å². The van der Waals surface area contributed by atoms with Crippen LogP contribution < -0.4 is 27.8 Å². The van der Waals surface area contributed by atoms with Crippen LogP contribution in [0.25, 0.3) is 0 Å². The minimum Gasteiger partial charge on any atom is -0.370 e. The predicted molar refractivity (Wildman–Crippen MR) is 128 cm³/mol. The van der Waals surface area contributed by atoms with Crippen molar-refractivity contribution in [3.8, 4) is 0 Å². The summed E-state index contributed by atoms with van der Waals surface area (Å²) in [7, 11) is 0. The van der Waals surface area contributed by atoms with Crippen LogP contribution in [0.4, 0.5) is 0 Å². The second-order valence-corrected chi connectivity index (χ2v) is 7.71. The SMILES string of the molecule is CCNC(=O)[C@H](CCCN=C(N)N)NC(=O)[C@H](CCCCN)N(Cc1cccnc1)C(C)=O. The van der Waals surface area contributed by atoms with E-state index in [0.29, 0.717) is 45.3 Å². The minimum atomic E-state index is -0.768. The number of hydrogen-bond acceptors (Lipinski definition) is 6. The number of amides is 3. The predicted octanol–water partition coefficient (Wildman–Crippen LogP) is -0.398. The van der Waals surface area contributed by atoms with Gasteiger partial charge in [0.25, 0.3) is 0 Å². The summed E-state index contributed by atoms with van der Waals surface area (Å²) in [6, 6.07) is 2.11. The zero-order valence-electron chi connectivity index (χ0n) is 19.6. The van der Waals surface area contributed by atoms with E-state index in [-0.39, 0.29) is 30.2 Å². The summed E-state index contributed by atoms with van der Waals surface area (Å²) in [4.78, 5) is 47.9. The standard InChI is InChI=1S/C22H38N8O3/c1-3-27-20(32)18(9-7-13-28-22(24)25)29-21(33)19(10-4-5-11-23)30(16(2)31)15-17-8-6-12-26-14-17/h6,8,12,14,18-19H,3-5,7,9-11,13,15,23H2,1-2H3,(H,27,32)(H,29,33)(H4,24,25,28)/t18-,19-/m0/s1. The summed E-state index contributed by atoms with van der Waals surface area (Å²) in [5, 5.41) is 5.57. The van der Waals surface area contributed by atoms with Gasteiger partial charge < -0.3 is 32.7 Å². The largest absolute Gasteiger partial charge is 0.370 e. The van der Waals surface area contributed by atoms with Gasteiger partial charge in [-0.3, -0.25) is 24.4 Å². The quantitative estimate of drug-likeness (QED) is 0.133. The van der Waals surface area contributed by atoms with E-state index >= 15 is 0 Å². The number of likely N-dealkylation sites (N-methyl/N-ethyl adjacent to an activating group) is 1. The molecule has 0 fully saturated rings. The fourth-order valence-electron chi connectivity index (χ4n) is 3.38. The maximum atomic E-state index is 13.3. The van der Waals surface area contributed by atoms with Gasteiger partial charge in [-0.1, -0.05) is 6.07 Å². The van der Waals surface area contributed by atoms with Crippen LogP contribution in [0.15, 0.2) is 29.5 Å². The Morgan fingerprint density at radius 1 is 1.15 bits per heavy atom. The highest BCUT2D eigenvalue weighted by Crippen LogP contribution is 2.15. The van der Waals surface area contributed by atoms with Crippen molar-refractivity contribution in [1.82, 2.24) is 20.5 Å². The van der Waals surface area contributed by atoms with Gasteiger partial charge in [-0.05, 0) is 57.2 Å². The van der Waals surface area contributed by atoms with Gasteiger partial charge in [-0.25, -0.2) is 0 Å². The lowest BCUT2D eigenvalue weighted by Gasteiger charge is -2.31. The zero-order valence-corrected chi connectivity index (χ0v) is 19.6. The van der Waals surface area contributed by atoms with E-state index in [9.17, 15) is 14.4 Å². The van der Waals surface area contributed by atoms with Gasteiger partial charge in [0.15, 0.2) is 5.96 Å². The third kappa shape index (κ3) is 10.8. The molecule has 1 rings (SSSR count). The van der Waals surface area contributed by atoms with Gasteiger partial charge in [0.1, 0.15) is 12.1 Å². The smallest absolute Gasteiger partial charge is 0.243 e. The first-order chi connectivity index (χ1) is 15.8. The number of carbonyl (C=O) groups excluding carboxylic acids is 3. The molecule has 0 aliphatic carbocycles. The van der Waals surface area contributed by atoms with Crippen molar-refractivity contribution >= 4 is 23.7 Å². The molecular weight excluding hydrogens is 424 g/mol. The number of rotatable bonds is 15. The Morgan fingerprint density at radius 2 is 1.91 bits per heavy atom. The Bertz CT molecular complexity index is 768. The van der Waals surface area contributed by atoms with Crippen molar-refractivity contribution in [3.05, 3.63) is 30.1 Å². The number of pyridine rings is 1. The van der Waals surface area contributed by atoms with E-state index in [1.165, 1.54) is 11.8 Å². The molecule has 0 radical (unpaired) electrons. The fraction of sp³-hybridized carbons (Fsp3) is 0.591. The molecule has 184 valence electrons. The first-order valence-corrected chi connectivity index (χ1v) is 11.3. The van der Waals surface area contributed by atoms with Crippen LogP contribution in [0, 0.1) is 0 Å². The number of guanidine groups is 1. The monoisotopic (exact) mass is 462 g/mol. The van der Waals surface area contributed by atoms with Gasteiger partial charge in [0.2, 0.25) is 17.7 Å².